The Labute approximate surface area is 112 Å². The predicted molar refractivity (Wildman–Crippen MR) is 75.7 cm³/mol. The van der Waals surface area contributed by atoms with Gasteiger partial charge in [-0.15, -0.1) is 11.8 Å². The van der Waals surface area contributed by atoms with Gasteiger partial charge in [-0.25, -0.2) is 0 Å². The highest BCUT2D eigenvalue weighted by molar-refractivity contribution is 8.01. The minimum Gasteiger partial charge on any atom is -0.293 e. The van der Waals surface area contributed by atoms with Gasteiger partial charge < -0.3 is 0 Å². The molecule has 1 rings (SSSR count). The normalized spacial score (nSPS) is 10.2. The summed E-state index contributed by atoms with van der Waals surface area (Å²) in [5, 5.41) is -0.776. The smallest absolute Gasteiger partial charge is 0.179 e. The van der Waals surface area contributed by atoms with Crippen molar-refractivity contribution in [3.05, 3.63) is 54.6 Å². The highest BCUT2D eigenvalue weighted by Crippen LogP contribution is 2.27. The van der Waals surface area contributed by atoms with Crippen molar-refractivity contribution in [2.75, 3.05) is 0 Å². The van der Waals surface area contributed by atoms with Gasteiger partial charge in [0.25, 0.3) is 0 Å². The van der Waals surface area contributed by atoms with E-state index in [-0.39, 0.29) is 11.6 Å². The van der Waals surface area contributed by atoms with E-state index in [1.54, 1.807) is 13.8 Å². The topological polar surface area (TPSA) is 34.1 Å². The first-order valence-corrected chi connectivity index (χ1v) is 6.42. The SMILES string of the molecule is C=C(C)C(=O)C(Sc1ccccc1)C(=O)C(=C)C. The molecule has 1 aromatic carbocycles. The molecule has 0 unspecified atom stereocenters. The fourth-order valence-electron chi connectivity index (χ4n) is 1.31. The number of rotatable bonds is 6. The first-order valence-electron chi connectivity index (χ1n) is 5.54. The largest absolute Gasteiger partial charge is 0.293 e. The molecule has 0 fully saturated rings. The van der Waals surface area contributed by atoms with Gasteiger partial charge in [0, 0.05) is 4.90 Å². The lowest BCUT2D eigenvalue weighted by Gasteiger charge is -2.14. The van der Waals surface area contributed by atoms with Crippen LogP contribution in [0.15, 0.2) is 59.5 Å². The van der Waals surface area contributed by atoms with Crippen LogP contribution in [0.1, 0.15) is 13.8 Å². The molecule has 0 amide bonds. The van der Waals surface area contributed by atoms with Gasteiger partial charge in [0.2, 0.25) is 0 Å². The molecular formula is C15H16O2S. The first kappa shape index (κ1) is 14.5. The van der Waals surface area contributed by atoms with Crippen molar-refractivity contribution in [1.29, 1.82) is 0 Å². The van der Waals surface area contributed by atoms with Crippen molar-refractivity contribution in [3.8, 4) is 0 Å². The number of Topliss-reactive ketones (excluding diaryl/α,β-unsaturated/α-hetero) is 2. The molecule has 1 aromatic rings. The van der Waals surface area contributed by atoms with Crippen LogP contribution in [0.2, 0.25) is 0 Å². The van der Waals surface area contributed by atoms with Crippen LogP contribution in [0.3, 0.4) is 0 Å². The van der Waals surface area contributed by atoms with Crippen LogP contribution in [-0.4, -0.2) is 16.8 Å². The number of benzene rings is 1. The van der Waals surface area contributed by atoms with Crippen LogP contribution in [0, 0.1) is 0 Å². The van der Waals surface area contributed by atoms with Crippen LogP contribution in [-0.2, 0) is 9.59 Å². The maximum atomic E-state index is 12.0. The number of thioether (sulfide) groups is 1. The van der Waals surface area contributed by atoms with E-state index >= 15 is 0 Å². The van der Waals surface area contributed by atoms with Crippen molar-refractivity contribution in [2.45, 2.75) is 24.0 Å². The zero-order chi connectivity index (χ0) is 13.7. The Morgan fingerprint density at radius 2 is 1.44 bits per heavy atom. The highest BCUT2D eigenvalue weighted by Gasteiger charge is 2.28. The second kappa shape index (κ2) is 6.36. The van der Waals surface area contributed by atoms with Gasteiger partial charge in [0.15, 0.2) is 11.6 Å². The Bertz CT molecular complexity index is 462. The Morgan fingerprint density at radius 1 is 1.00 bits per heavy atom. The van der Waals surface area contributed by atoms with Crippen LogP contribution >= 0.6 is 11.8 Å². The summed E-state index contributed by atoms with van der Waals surface area (Å²) in [5.41, 5.74) is 0.774. The molecule has 0 aliphatic carbocycles. The summed E-state index contributed by atoms with van der Waals surface area (Å²) in [5.74, 6) is -0.478. The van der Waals surface area contributed by atoms with Crippen molar-refractivity contribution in [2.24, 2.45) is 0 Å². The monoisotopic (exact) mass is 260 g/mol. The average Bonchev–Trinajstić information content (AvgIpc) is 2.35. The molecule has 2 nitrogen and oxygen atoms in total. The molecule has 0 spiro atoms. The summed E-state index contributed by atoms with van der Waals surface area (Å²) in [6.45, 7) is 10.5. The van der Waals surface area contributed by atoms with E-state index in [1.807, 2.05) is 30.3 Å². The average molecular weight is 260 g/mol. The second-order valence-corrected chi connectivity index (χ2v) is 5.28. The molecule has 0 atom stereocenters. The van der Waals surface area contributed by atoms with Gasteiger partial charge in [0.1, 0.15) is 5.25 Å². The molecular weight excluding hydrogens is 244 g/mol. The first-order chi connectivity index (χ1) is 8.43. The van der Waals surface area contributed by atoms with Crippen LogP contribution in [0.25, 0.3) is 0 Å². The predicted octanol–water partition coefficient (Wildman–Crippen LogP) is 3.44. The molecule has 0 aliphatic rings. The molecule has 0 aromatic heterocycles. The summed E-state index contributed by atoms with van der Waals surface area (Å²) >= 11 is 1.24. The van der Waals surface area contributed by atoms with E-state index in [0.29, 0.717) is 11.1 Å². The summed E-state index contributed by atoms with van der Waals surface area (Å²) in [7, 11) is 0. The number of carbonyl (C=O) groups is 2. The van der Waals surface area contributed by atoms with Gasteiger partial charge in [-0.1, -0.05) is 31.4 Å². The third kappa shape index (κ3) is 3.70. The zero-order valence-electron chi connectivity index (χ0n) is 10.6. The minimum atomic E-state index is -0.776. The van der Waals surface area contributed by atoms with Crippen LogP contribution in [0.5, 0.6) is 0 Å². The van der Waals surface area contributed by atoms with E-state index in [2.05, 4.69) is 13.2 Å². The van der Waals surface area contributed by atoms with Gasteiger partial charge >= 0.3 is 0 Å². The van der Waals surface area contributed by atoms with E-state index in [9.17, 15) is 9.59 Å². The molecule has 18 heavy (non-hydrogen) atoms. The fraction of sp³-hybridized carbons (Fsp3) is 0.200. The Morgan fingerprint density at radius 3 is 1.83 bits per heavy atom. The standard InChI is InChI=1S/C15H16O2S/c1-10(2)13(16)15(14(17)11(3)4)18-12-8-6-5-7-9-12/h5-9,15H,1,3H2,2,4H3. The van der Waals surface area contributed by atoms with E-state index in [0.717, 1.165) is 4.90 Å². The molecule has 0 radical (unpaired) electrons. The Kier molecular flexibility index (Phi) is 5.10. The maximum absolute atomic E-state index is 12.0. The summed E-state index contributed by atoms with van der Waals surface area (Å²) < 4.78 is 0. The van der Waals surface area contributed by atoms with Gasteiger partial charge in [0.05, 0.1) is 0 Å². The lowest BCUT2D eigenvalue weighted by molar-refractivity contribution is -0.122. The molecule has 0 aliphatic heterocycles. The van der Waals surface area contributed by atoms with Gasteiger partial charge in [-0.3, -0.25) is 9.59 Å². The summed E-state index contributed by atoms with van der Waals surface area (Å²) in [6.07, 6.45) is 0. The number of allylic oxidation sites excluding steroid dienone is 2. The molecule has 94 valence electrons. The number of carbonyl (C=O) groups excluding carboxylic acids is 2. The molecule has 3 heteroatoms. The van der Waals surface area contributed by atoms with Crippen molar-refractivity contribution < 1.29 is 9.59 Å². The van der Waals surface area contributed by atoms with E-state index in [1.165, 1.54) is 11.8 Å². The van der Waals surface area contributed by atoms with E-state index < -0.39 is 5.25 Å². The van der Waals surface area contributed by atoms with Crippen LogP contribution in [0.4, 0.5) is 0 Å². The van der Waals surface area contributed by atoms with Crippen molar-refractivity contribution in [1.82, 2.24) is 0 Å². The van der Waals surface area contributed by atoms with E-state index in [4.69, 9.17) is 0 Å². The summed E-state index contributed by atoms with van der Waals surface area (Å²) in [4.78, 5) is 24.9. The minimum absolute atomic E-state index is 0.239. The highest BCUT2D eigenvalue weighted by atomic mass is 32.2. The zero-order valence-corrected chi connectivity index (χ0v) is 11.4. The maximum Gasteiger partial charge on any atom is 0.179 e. The lowest BCUT2D eigenvalue weighted by Crippen LogP contribution is -2.28. The molecule has 0 bridgehead atoms. The molecule has 0 saturated heterocycles. The van der Waals surface area contributed by atoms with Gasteiger partial charge in [-0.05, 0) is 37.1 Å². The molecule has 0 N–H and O–H groups in total. The van der Waals surface area contributed by atoms with Crippen molar-refractivity contribution >= 4 is 23.3 Å². The van der Waals surface area contributed by atoms with Crippen LogP contribution < -0.4 is 0 Å². The number of hydrogen-bond donors (Lipinski definition) is 0. The molecule has 0 saturated carbocycles. The lowest BCUT2D eigenvalue weighted by atomic mass is 10.0. The Balaban J connectivity index is 2.99. The third-order valence-corrected chi connectivity index (χ3v) is 3.52. The molecule has 0 heterocycles. The fourth-order valence-corrected chi connectivity index (χ4v) is 2.51. The second-order valence-electron chi connectivity index (χ2n) is 4.10. The quantitative estimate of drug-likeness (QED) is 0.446. The third-order valence-electron chi connectivity index (χ3n) is 2.31. The number of hydrogen-bond acceptors (Lipinski definition) is 3. The summed E-state index contributed by atoms with van der Waals surface area (Å²) in [6, 6.07) is 9.37. The Hall–Kier alpha value is -1.61. The number of ketones is 2. The van der Waals surface area contributed by atoms with Crippen molar-refractivity contribution in [3.63, 3.8) is 0 Å². The van der Waals surface area contributed by atoms with Gasteiger partial charge in [-0.2, -0.15) is 0 Å².